The number of anilines is 2. The molecule has 0 aromatic heterocycles. The molecule has 0 bridgehead atoms. The second-order valence-electron chi connectivity index (χ2n) is 6.88. The number of halogens is 1. The molecule has 0 aliphatic heterocycles. The topological polar surface area (TPSA) is 84.5 Å². The lowest BCUT2D eigenvalue weighted by Crippen LogP contribution is -2.23. The molecule has 0 saturated carbocycles. The molecule has 0 aliphatic carbocycles. The van der Waals surface area contributed by atoms with Crippen LogP contribution in [0.25, 0.3) is 0 Å². The SMILES string of the molecule is Cc1ccc(CC(=O)OCC(=O)Nc2ccccc2C(=O)Nc2ccc(F)cc2)cc1. The molecule has 2 N–H and O–H groups in total. The van der Waals surface area contributed by atoms with Gasteiger partial charge in [0, 0.05) is 5.69 Å². The summed E-state index contributed by atoms with van der Waals surface area (Å²) in [7, 11) is 0. The fourth-order valence-electron chi connectivity index (χ4n) is 2.78. The van der Waals surface area contributed by atoms with Crippen molar-refractivity contribution in [2.24, 2.45) is 0 Å². The second-order valence-corrected chi connectivity index (χ2v) is 6.88. The lowest BCUT2D eigenvalue weighted by Gasteiger charge is -2.12. The molecule has 7 heteroatoms. The van der Waals surface area contributed by atoms with Gasteiger partial charge in [0.25, 0.3) is 11.8 Å². The quantitative estimate of drug-likeness (QED) is 0.564. The van der Waals surface area contributed by atoms with Crippen molar-refractivity contribution >= 4 is 29.2 Å². The van der Waals surface area contributed by atoms with Crippen LogP contribution in [0.4, 0.5) is 15.8 Å². The van der Waals surface area contributed by atoms with E-state index in [1.165, 1.54) is 30.3 Å². The smallest absolute Gasteiger partial charge is 0.310 e. The van der Waals surface area contributed by atoms with E-state index in [0.717, 1.165) is 11.1 Å². The molecule has 3 aromatic carbocycles. The number of carbonyl (C=O) groups excluding carboxylic acids is 3. The molecular formula is C24H21FN2O4. The van der Waals surface area contributed by atoms with Crippen LogP contribution in [0.15, 0.2) is 72.8 Å². The monoisotopic (exact) mass is 420 g/mol. The Morgan fingerprint density at radius 2 is 1.55 bits per heavy atom. The van der Waals surface area contributed by atoms with E-state index in [1.807, 2.05) is 31.2 Å². The molecule has 6 nitrogen and oxygen atoms in total. The number of esters is 1. The van der Waals surface area contributed by atoms with Gasteiger partial charge in [0.15, 0.2) is 6.61 Å². The number of nitrogens with one attached hydrogen (secondary N) is 2. The Morgan fingerprint density at radius 1 is 0.871 bits per heavy atom. The van der Waals surface area contributed by atoms with Crippen molar-refractivity contribution in [3.05, 3.63) is 95.3 Å². The summed E-state index contributed by atoms with van der Waals surface area (Å²) in [4.78, 5) is 36.7. The molecule has 0 unspecified atom stereocenters. The first-order valence-corrected chi connectivity index (χ1v) is 9.57. The first-order valence-electron chi connectivity index (χ1n) is 9.57. The van der Waals surface area contributed by atoms with E-state index < -0.39 is 30.2 Å². The zero-order chi connectivity index (χ0) is 22.2. The summed E-state index contributed by atoms with van der Waals surface area (Å²) in [6.45, 7) is 1.48. The molecule has 3 rings (SSSR count). The number of rotatable bonds is 7. The number of ether oxygens (including phenoxy) is 1. The molecule has 0 fully saturated rings. The van der Waals surface area contributed by atoms with Gasteiger partial charge in [0.05, 0.1) is 17.7 Å². The van der Waals surface area contributed by atoms with Crippen molar-refractivity contribution < 1.29 is 23.5 Å². The van der Waals surface area contributed by atoms with Crippen LogP contribution < -0.4 is 10.6 Å². The molecule has 158 valence electrons. The second kappa shape index (κ2) is 10.2. The molecule has 0 heterocycles. The average molecular weight is 420 g/mol. The predicted molar refractivity (Wildman–Crippen MR) is 115 cm³/mol. The van der Waals surface area contributed by atoms with Gasteiger partial charge in [-0.1, -0.05) is 42.0 Å². The van der Waals surface area contributed by atoms with E-state index in [4.69, 9.17) is 4.74 Å². The summed E-state index contributed by atoms with van der Waals surface area (Å²) in [5, 5.41) is 5.21. The van der Waals surface area contributed by atoms with Crippen molar-refractivity contribution in [3.8, 4) is 0 Å². The van der Waals surface area contributed by atoms with Crippen LogP contribution in [-0.4, -0.2) is 24.4 Å². The Labute approximate surface area is 179 Å². The number of amides is 2. The third-order valence-electron chi connectivity index (χ3n) is 4.38. The van der Waals surface area contributed by atoms with E-state index in [2.05, 4.69) is 10.6 Å². The highest BCUT2D eigenvalue weighted by Crippen LogP contribution is 2.18. The van der Waals surface area contributed by atoms with Crippen LogP contribution in [0, 0.1) is 12.7 Å². The predicted octanol–water partition coefficient (Wildman–Crippen LogP) is 4.11. The highest BCUT2D eigenvalue weighted by atomic mass is 19.1. The van der Waals surface area contributed by atoms with Gasteiger partial charge < -0.3 is 15.4 Å². The van der Waals surface area contributed by atoms with Crippen LogP contribution in [0.2, 0.25) is 0 Å². The maximum Gasteiger partial charge on any atom is 0.310 e. The summed E-state index contributed by atoms with van der Waals surface area (Å²) < 4.78 is 18.1. The number of aryl methyl sites for hydroxylation is 1. The molecule has 2 amide bonds. The van der Waals surface area contributed by atoms with Crippen LogP contribution in [0.1, 0.15) is 21.5 Å². The van der Waals surface area contributed by atoms with Gasteiger partial charge in [0.2, 0.25) is 0 Å². The van der Waals surface area contributed by atoms with Gasteiger partial charge in [-0.05, 0) is 48.9 Å². The van der Waals surface area contributed by atoms with Crippen LogP contribution in [-0.2, 0) is 20.7 Å². The lowest BCUT2D eigenvalue weighted by atomic mass is 10.1. The first-order chi connectivity index (χ1) is 14.9. The number of benzene rings is 3. The molecule has 31 heavy (non-hydrogen) atoms. The number of hydrogen-bond acceptors (Lipinski definition) is 4. The third kappa shape index (κ3) is 6.50. The molecule has 0 atom stereocenters. The normalized spacial score (nSPS) is 10.3. The third-order valence-corrected chi connectivity index (χ3v) is 4.38. The van der Waals surface area contributed by atoms with Gasteiger partial charge in [-0.3, -0.25) is 14.4 Å². The molecule has 0 spiro atoms. The first kappa shape index (κ1) is 21.7. The maximum atomic E-state index is 13.0. The zero-order valence-electron chi connectivity index (χ0n) is 16.9. The largest absolute Gasteiger partial charge is 0.455 e. The van der Waals surface area contributed by atoms with E-state index >= 15 is 0 Å². The molecule has 0 radical (unpaired) electrons. The van der Waals surface area contributed by atoms with Crippen molar-refractivity contribution in [3.63, 3.8) is 0 Å². The minimum atomic E-state index is -0.570. The van der Waals surface area contributed by atoms with Crippen LogP contribution >= 0.6 is 0 Å². The Hall–Kier alpha value is -4.00. The van der Waals surface area contributed by atoms with Gasteiger partial charge in [-0.15, -0.1) is 0 Å². The Balaban J connectivity index is 1.56. The average Bonchev–Trinajstić information content (AvgIpc) is 2.76. The van der Waals surface area contributed by atoms with E-state index in [1.54, 1.807) is 18.2 Å². The highest BCUT2D eigenvalue weighted by Gasteiger charge is 2.15. The molecule has 0 saturated heterocycles. The van der Waals surface area contributed by atoms with Gasteiger partial charge in [-0.2, -0.15) is 0 Å². The number of carbonyl (C=O) groups is 3. The van der Waals surface area contributed by atoms with Gasteiger partial charge >= 0.3 is 5.97 Å². The molecule has 3 aromatic rings. The van der Waals surface area contributed by atoms with Crippen LogP contribution in [0.5, 0.6) is 0 Å². The van der Waals surface area contributed by atoms with Crippen molar-refractivity contribution in [2.45, 2.75) is 13.3 Å². The fraction of sp³-hybridized carbons (Fsp3) is 0.125. The fourth-order valence-corrected chi connectivity index (χ4v) is 2.78. The van der Waals surface area contributed by atoms with Crippen LogP contribution in [0.3, 0.4) is 0 Å². The maximum absolute atomic E-state index is 13.0. The van der Waals surface area contributed by atoms with Crippen molar-refractivity contribution in [2.75, 3.05) is 17.2 Å². The Bertz CT molecular complexity index is 1080. The van der Waals surface area contributed by atoms with E-state index in [9.17, 15) is 18.8 Å². The van der Waals surface area contributed by atoms with Crippen molar-refractivity contribution in [1.29, 1.82) is 0 Å². The summed E-state index contributed by atoms with van der Waals surface area (Å²) in [5.41, 5.74) is 2.77. The minimum Gasteiger partial charge on any atom is -0.455 e. The standard InChI is InChI=1S/C24H21FN2O4/c1-16-6-8-17(9-7-16)14-23(29)31-15-22(28)27-21-5-3-2-4-20(21)24(30)26-19-12-10-18(25)11-13-19/h2-13H,14-15H2,1H3,(H,26,30)(H,27,28). The highest BCUT2D eigenvalue weighted by molar-refractivity contribution is 6.10. The minimum absolute atomic E-state index is 0.0597. The summed E-state index contributed by atoms with van der Waals surface area (Å²) in [5.74, 6) is -1.98. The lowest BCUT2D eigenvalue weighted by molar-refractivity contribution is -0.146. The molecule has 0 aliphatic rings. The number of hydrogen-bond donors (Lipinski definition) is 2. The van der Waals surface area contributed by atoms with Gasteiger partial charge in [-0.25, -0.2) is 4.39 Å². The number of para-hydroxylation sites is 1. The summed E-state index contributed by atoms with van der Waals surface area (Å²) in [6, 6.07) is 19.2. The molecular weight excluding hydrogens is 399 g/mol. The van der Waals surface area contributed by atoms with Gasteiger partial charge in [0.1, 0.15) is 5.82 Å². The summed E-state index contributed by atoms with van der Waals surface area (Å²) >= 11 is 0. The van der Waals surface area contributed by atoms with Crippen molar-refractivity contribution in [1.82, 2.24) is 0 Å². The Kier molecular flexibility index (Phi) is 7.11. The Morgan fingerprint density at radius 3 is 2.26 bits per heavy atom. The van der Waals surface area contributed by atoms with E-state index in [0.29, 0.717) is 5.69 Å². The van der Waals surface area contributed by atoms with E-state index in [-0.39, 0.29) is 17.7 Å². The summed E-state index contributed by atoms with van der Waals surface area (Å²) in [6.07, 6.45) is 0.0597. The zero-order valence-corrected chi connectivity index (χ0v) is 16.9.